The topological polar surface area (TPSA) is 86.5 Å². The monoisotopic (exact) mass is 417 g/mol. The summed E-state index contributed by atoms with van der Waals surface area (Å²) in [5, 5.41) is 3.32. The van der Waals surface area contributed by atoms with Gasteiger partial charge in [-0.15, -0.1) is 0 Å². The van der Waals surface area contributed by atoms with Gasteiger partial charge in [-0.05, 0) is 55.8 Å². The fourth-order valence-electron chi connectivity index (χ4n) is 2.57. The number of sulfone groups is 1. The highest BCUT2D eigenvalue weighted by atomic mass is 32.2. The lowest BCUT2D eigenvalue weighted by Gasteiger charge is -2.08. The van der Waals surface area contributed by atoms with E-state index in [-0.39, 0.29) is 23.7 Å². The molecule has 1 heterocycles. The minimum Gasteiger partial charge on any atom is -0.459 e. The molecule has 29 heavy (non-hydrogen) atoms. The molecule has 0 bridgehead atoms. The van der Waals surface area contributed by atoms with Gasteiger partial charge >= 0.3 is 5.97 Å². The number of halogens is 1. The van der Waals surface area contributed by atoms with Gasteiger partial charge in [-0.2, -0.15) is 0 Å². The van der Waals surface area contributed by atoms with Crippen LogP contribution in [0.1, 0.15) is 25.1 Å². The molecule has 0 amide bonds. The maximum Gasteiger partial charge on any atom is 0.310 e. The average Bonchev–Trinajstić information content (AvgIpc) is 3.16. The van der Waals surface area contributed by atoms with Crippen LogP contribution >= 0.6 is 0 Å². The molecular weight excluding hydrogens is 397 g/mol. The number of hydrogen-bond donors (Lipinski definition) is 0. The Hall–Kier alpha value is -3.00. The fourth-order valence-corrected chi connectivity index (χ4v) is 3.63. The van der Waals surface area contributed by atoms with Crippen molar-refractivity contribution in [2.45, 2.75) is 37.0 Å². The molecule has 0 unspecified atom stereocenters. The van der Waals surface area contributed by atoms with Crippen molar-refractivity contribution in [1.29, 1.82) is 0 Å². The zero-order chi connectivity index (χ0) is 21.0. The third-order valence-corrected chi connectivity index (χ3v) is 6.46. The van der Waals surface area contributed by atoms with Gasteiger partial charge in [0.15, 0.2) is 15.6 Å². The third kappa shape index (κ3) is 5.08. The van der Waals surface area contributed by atoms with Crippen LogP contribution in [0, 0.1) is 5.82 Å². The molecule has 3 aromatic rings. The summed E-state index contributed by atoms with van der Waals surface area (Å²) in [6.07, 6.45) is 0.00464. The van der Waals surface area contributed by atoms with Crippen LogP contribution in [0.4, 0.5) is 4.39 Å². The molecule has 0 saturated carbocycles. The normalized spacial score (nSPS) is 11.6. The third-order valence-electron chi connectivity index (χ3n) is 4.29. The molecule has 0 N–H and O–H groups in total. The van der Waals surface area contributed by atoms with Gasteiger partial charge in [0.05, 0.1) is 16.6 Å². The maximum absolute atomic E-state index is 13.0. The highest BCUT2D eigenvalue weighted by Crippen LogP contribution is 2.21. The summed E-state index contributed by atoms with van der Waals surface area (Å²) in [4.78, 5) is 12.3. The zero-order valence-corrected chi connectivity index (χ0v) is 16.8. The van der Waals surface area contributed by atoms with Crippen molar-refractivity contribution in [3.05, 3.63) is 71.7 Å². The van der Waals surface area contributed by atoms with Gasteiger partial charge in [0.25, 0.3) is 0 Å². The standard InChI is InChI=1S/C21H20FNO5S/c1-14(2)29(25,26)19-9-3-15(4-10-19)11-21(24)27-13-18-12-20(28-23-18)16-5-7-17(22)8-6-16/h3-10,12,14H,11,13H2,1-2H3. The Kier molecular flexibility index (Phi) is 6.12. The summed E-state index contributed by atoms with van der Waals surface area (Å²) in [7, 11) is -3.35. The van der Waals surface area contributed by atoms with Crippen molar-refractivity contribution >= 4 is 15.8 Å². The van der Waals surface area contributed by atoms with Gasteiger partial charge in [0.1, 0.15) is 18.1 Å². The number of esters is 1. The first kappa shape index (κ1) is 20.7. The number of aromatic nitrogens is 1. The molecular formula is C21H20FNO5S. The lowest BCUT2D eigenvalue weighted by atomic mass is 10.1. The first-order valence-corrected chi connectivity index (χ1v) is 10.5. The van der Waals surface area contributed by atoms with Gasteiger partial charge in [0, 0.05) is 11.6 Å². The highest BCUT2D eigenvalue weighted by Gasteiger charge is 2.19. The second-order valence-electron chi connectivity index (χ2n) is 6.76. The molecule has 3 rings (SSSR count). The van der Waals surface area contributed by atoms with Crippen LogP contribution < -0.4 is 0 Å². The van der Waals surface area contributed by atoms with Crippen LogP contribution in [0.5, 0.6) is 0 Å². The number of rotatable bonds is 7. The second-order valence-corrected chi connectivity index (χ2v) is 9.27. The minimum absolute atomic E-state index is 0.00464. The number of benzene rings is 2. The van der Waals surface area contributed by atoms with Crippen molar-refractivity contribution in [2.75, 3.05) is 0 Å². The Morgan fingerprint density at radius 2 is 1.76 bits per heavy atom. The van der Waals surface area contributed by atoms with Crippen LogP contribution in [0.3, 0.4) is 0 Å². The Balaban J connectivity index is 1.56. The summed E-state index contributed by atoms with van der Waals surface area (Å²) >= 11 is 0. The summed E-state index contributed by atoms with van der Waals surface area (Å²) in [5.74, 6) is -0.383. The summed E-state index contributed by atoms with van der Waals surface area (Å²) in [6, 6.07) is 13.5. The van der Waals surface area contributed by atoms with Gasteiger partial charge in [-0.1, -0.05) is 17.3 Å². The average molecular weight is 417 g/mol. The van der Waals surface area contributed by atoms with E-state index in [9.17, 15) is 17.6 Å². The Bertz CT molecular complexity index is 1090. The van der Waals surface area contributed by atoms with E-state index in [4.69, 9.17) is 9.26 Å². The highest BCUT2D eigenvalue weighted by molar-refractivity contribution is 7.92. The Labute approximate surface area is 168 Å². The molecule has 2 aromatic carbocycles. The van der Waals surface area contributed by atoms with Gasteiger partial charge < -0.3 is 9.26 Å². The summed E-state index contributed by atoms with van der Waals surface area (Å²) < 4.78 is 47.6. The molecule has 0 fully saturated rings. The molecule has 0 radical (unpaired) electrons. The number of ether oxygens (including phenoxy) is 1. The second kappa shape index (κ2) is 8.57. The van der Waals surface area contributed by atoms with E-state index in [1.165, 1.54) is 24.3 Å². The fraction of sp³-hybridized carbons (Fsp3) is 0.238. The van der Waals surface area contributed by atoms with Crippen molar-refractivity contribution in [1.82, 2.24) is 5.16 Å². The number of nitrogens with zero attached hydrogens (tertiary/aromatic N) is 1. The first-order chi connectivity index (χ1) is 13.8. The lowest BCUT2D eigenvalue weighted by Crippen LogP contribution is -2.14. The molecule has 6 nitrogen and oxygen atoms in total. The minimum atomic E-state index is -3.35. The quantitative estimate of drug-likeness (QED) is 0.541. The van der Waals surface area contributed by atoms with Crippen molar-refractivity contribution in [3.63, 3.8) is 0 Å². The largest absolute Gasteiger partial charge is 0.459 e. The molecule has 0 atom stereocenters. The number of carbonyl (C=O) groups excluding carboxylic acids is 1. The van der Waals surface area contributed by atoms with Crippen molar-refractivity contribution in [3.8, 4) is 11.3 Å². The van der Waals surface area contributed by atoms with Gasteiger partial charge in [-0.25, -0.2) is 12.8 Å². The van der Waals surface area contributed by atoms with Crippen LogP contribution in [0.25, 0.3) is 11.3 Å². The Morgan fingerprint density at radius 3 is 2.38 bits per heavy atom. The molecule has 152 valence electrons. The molecule has 0 spiro atoms. The van der Waals surface area contributed by atoms with Crippen molar-refractivity contribution < 1.29 is 26.9 Å². The predicted molar refractivity (Wildman–Crippen MR) is 104 cm³/mol. The molecule has 0 saturated heterocycles. The van der Waals surface area contributed by atoms with E-state index in [2.05, 4.69) is 5.16 Å². The molecule has 0 aliphatic rings. The number of hydrogen-bond acceptors (Lipinski definition) is 6. The van der Waals surface area contributed by atoms with Gasteiger partial charge in [0.2, 0.25) is 0 Å². The summed E-state index contributed by atoms with van der Waals surface area (Å²) in [5.41, 5.74) is 1.73. The maximum atomic E-state index is 13.0. The zero-order valence-electron chi connectivity index (χ0n) is 16.0. The van der Waals surface area contributed by atoms with Crippen LogP contribution in [-0.2, 0) is 32.4 Å². The Morgan fingerprint density at radius 1 is 1.10 bits per heavy atom. The van der Waals surface area contributed by atoms with E-state index in [0.29, 0.717) is 22.6 Å². The van der Waals surface area contributed by atoms with E-state index in [1.54, 1.807) is 44.2 Å². The van der Waals surface area contributed by atoms with Crippen LogP contribution in [0.15, 0.2) is 64.0 Å². The van der Waals surface area contributed by atoms with E-state index >= 15 is 0 Å². The first-order valence-electron chi connectivity index (χ1n) is 8.95. The van der Waals surface area contributed by atoms with E-state index in [1.807, 2.05) is 0 Å². The summed E-state index contributed by atoms with van der Waals surface area (Å²) in [6.45, 7) is 3.17. The van der Waals surface area contributed by atoms with Gasteiger partial charge in [-0.3, -0.25) is 4.79 Å². The predicted octanol–water partition coefficient (Wildman–Crippen LogP) is 3.95. The van der Waals surface area contributed by atoms with Crippen molar-refractivity contribution in [2.24, 2.45) is 0 Å². The smallest absolute Gasteiger partial charge is 0.310 e. The molecule has 8 heteroatoms. The molecule has 0 aliphatic carbocycles. The van der Waals surface area contributed by atoms with E-state index in [0.717, 1.165) is 0 Å². The molecule has 0 aliphatic heterocycles. The lowest BCUT2D eigenvalue weighted by molar-refractivity contribution is -0.144. The van der Waals surface area contributed by atoms with Crippen LogP contribution in [-0.4, -0.2) is 24.8 Å². The van der Waals surface area contributed by atoms with E-state index < -0.39 is 21.1 Å². The van der Waals surface area contributed by atoms with Crippen LogP contribution in [0.2, 0.25) is 0 Å². The molecule has 1 aromatic heterocycles. The number of carbonyl (C=O) groups is 1. The SMILES string of the molecule is CC(C)S(=O)(=O)c1ccc(CC(=O)OCc2cc(-c3ccc(F)cc3)on2)cc1.